The van der Waals surface area contributed by atoms with Gasteiger partial charge in [-0.05, 0) is 51.1 Å². The minimum Gasteiger partial charge on any atom is -0.444 e. The molecular weight excluding hydrogens is 388 g/mol. The highest BCUT2D eigenvalue weighted by Crippen LogP contribution is 2.32. The van der Waals surface area contributed by atoms with E-state index in [1.54, 1.807) is 4.90 Å². The molecule has 0 radical (unpaired) electrons. The van der Waals surface area contributed by atoms with Crippen molar-refractivity contribution < 1.29 is 9.53 Å². The van der Waals surface area contributed by atoms with E-state index in [1.807, 2.05) is 57.2 Å². The lowest BCUT2D eigenvalue weighted by Crippen LogP contribution is -2.50. The largest absolute Gasteiger partial charge is 0.444 e. The fourth-order valence-corrected chi connectivity index (χ4v) is 3.65. The molecule has 1 N–H and O–H groups in total. The average molecular weight is 413 g/mol. The molecule has 4 rings (SSSR count). The molecule has 1 amide bonds. The number of H-pyrrole nitrogens is 1. The lowest BCUT2D eigenvalue weighted by Gasteiger charge is -2.36. The topological polar surface area (TPSA) is 61.5 Å². The van der Waals surface area contributed by atoms with Crippen molar-refractivity contribution in [3.63, 3.8) is 0 Å². The van der Waals surface area contributed by atoms with Crippen LogP contribution in [-0.4, -0.2) is 52.7 Å². The van der Waals surface area contributed by atoms with Gasteiger partial charge in [-0.1, -0.05) is 23.7 Å². The third-order valence-corrected chi connectivity index (χ3v) is 5.22. The number of amides is 1. The van der Waals surface area contributed by atoms with E-state index in [1.165, 1.54) is 0 Å². The maximum Gasteiger partial charge on any atom is 0.410 e. The Kier molecular flexibility index (Phi) is 5.13. The quantitative estimate of drug-likeness (QED) is 0.647. The van der Waals surface area contributed by atoms with Crippen LogP contribution in [0.2, 0.25) is 5.02 Å². The van der Waals surface area contributed by atoms with E-state index in [9.17, 15) is 4.79 Å². The summed E-state index contributed by atoms with van der Waals surface area (Å²) in [7, 11) is 0. The smallest absolute Gasteiger partial charge is 0.410 e. The number of halogens is 1. The number of nitrogens with one attached hydrogen (secondary N) is 1. The lowest BCUT2D eigenvalue weighted by molar-refractivity contribution is 0.0240. The number of hydrogen-bond acceptors (Lipinski definition) is 4. The number of ether oxygens (including phenoxy) is 1. The fraction of sp³-hybridized carbons (Fsp3) is 0.364. The van der Waals surface area contributed by atoms with Gasteiger partial charge in [0.25, 0.3) is 0 Å². The highest BCUT2D eigenvalue weighted by molar-refractivity contribution is 6.33. The third kappa shape index (κ3) is 4.32. The van der Waals surface area contributed by atoms with Crippen LogP contribution in [0.5, 0.6) is 0 Å². The third-order valence-electron chi connectivity index (χ3n) is 4.89. The standard InChI is InChI=1S/C22H25ClN4O2/c1-22(2,3)29-21(28)27-12-10-26(11-13-27)15-8-9-17(23)16(14-15)20-24-18-6-4-5-7-19(18)25-20/h4-9,14H,10-13H2,1-3H3,(H,24,25). The summed E-state index contributed by atoms with van der Waals surface area (Å²) in [6.45, 7) is 8.37. The molecule has 0 saturated carbocycles. The SMILES string of the molecule is CC(C)(C)OC(=O)N1CCN(c2ccc(Cl)c(-c3nc4ccccc4[nH]3)c2)CC1. The number of anilines is 1. The van der Waals surface area contributed by atoms with Crippen LogP contribution in [0.1, 0.15) is 20.8 Å². The second-order valence-corrected chi connectivity index (χ2v) is 8.63. The van der Waals surface area contributed by atoms with Gasteiger partial charge in [0.1, 0.15) is 11.4 Å². The van der Waals surface area contributed by atoms with Crippen LogP contribution in [-0.2, 0) is 4.74 Å². The van der Waals surface area contributed by atoms with Crippen molar-refractivity contribution in [3.8, 4) is 11.4 Å². The van der Waals surface area contributed by atoms with Crippen LogP contribution in [0.3, 0.4) is 0 Å². The summed E-state index contributed by atoms with van der Waals surface area (Å²) in [5.41, 5.74) is 3.35. The molecule has 29 heavy (non-hydrogen) atoms. The Bertz CT molecular complexity index is 1000. The summed E-state index contributed by atoms with van der Waals surface area (Å²) in [6, 6.07) is 13.9. The molecule has 6 nitrogen and oxygen atoms in total. The number of rotatable bonds is 2. The summed E-state index contributed by atoms with van der Waals surface area (Å²) in [5, 5.41) is 0.653. The zero-order valence-electron chi connectivity index (χ0n) is 16.9. The number of piperazine rings is 1. The number of para-hydroxylation sites is 2. The van der Waals surface area contributed by atoms with Crippen LogP contribution in [0.4, 0.5) is 10.5 Å². The second kappa shape index (κ2) is 7.59. The van der Waals surface area contributed by atoms with Crippen molar-refractivity contribution in [1.29, 1.82) is 0 Å². The van der Waals surface area contributed by atoms with Gasteiger partial charge in [-0.15, -0.1) is 0 Å². The zero-order valence-corrected chi connectivity index (χ0v) is 17.7. The molecule has 0 atom stereocenters. The summed E-state index contributed by atoms with van der Waals surface area (Å²) in [5.74, 6) is 0.755. The highest BCUT2D eigenvalue weighted by atomic mass is 35.5. The summed E-state index contributed by atoms with van der Waals surface area (Å²) >= 11 is 6.48. The van der Waals surface area contributed by atoms with Gasteiger partial charge in [-0.3, -0.25) is 0 Å². The van der Waals surface area contributed by atoms with Crippen molar-refractivity contribution in [1.82, 2.24) is 14.9 Å². The number of aromatic amines is 1. The molecule has 1 fully saturated rings. The molecule has 152 valence electrons. The summed E-state index contributed by atoms with van der Waals surface area (Å²) in [4.78, 5) is 24.3. The van der Waals surface area contributed by atoms with E-state index < -0.39 is 5.60 Å². The lowest BCUT2D eigenvalue weighted by atomic mass is 10.1. The van der Waals surface area contributed by atoms with Gasteiger partial charge in [0.05, 0.1) is 16.1 Å². The molecule has 7 heteroatoms. The van der Waals surface area contributed by atoms with E-state index in [0.29, 0.717) is 18.1 Å². The first kappa shape index (κ1) is 19.6. The van der Waals surface area contributed by atoms with Crippen molar-refractivity contribution in [2.45, 2.75) is 26.4 Å². The number of benzene rings is 2. The Balaban J connectivity index is 1.50. The van der Waals surface area contributed by atoms with Gasteiger partial charge in [0, 0.05) is 37.4 Å². The van der Waals surface area contributed by atoms with Crippen LogP contribution >= 0.6 is 11.6 Å². The molecule has 1 aromatic heterocycles. The van der Waals surface area contributed by atoms with Gasteiger partial charge < -0.3 is 19.5 Å². The molecule has 0 unspecified atom stereocenters. The van der Waals surface area contributed by atoms with E-state index >= 15 is 0 Å². The molecule has 0 aliphatic carbocycles. The van der Waals surface area contributed by atoms with Gasteiger partial charge in [-0.25, -0.2) is 9.78 Å². The summed E-state index contributed by atoms with van der Waals surface area (Å²) < 4.78 is 5.48. The number of fused-ring (bicyclic) bond motifs is 1. The number of hydrogen-bond donors (Lipinski definition) is 1. The Morgan fingerprint density at radius 1 is 1.10 bits per heavy atom. The van der Waals surface area contributed by atoms with E-state index in [2.05, 4.69) is 20.9 Å². The van der Waals surface area contributed by atoms with Gasteiger partial charge in [0.15, 0.2) is 0 Å². The number of nitrogens with zero attached hydrogens (tertiary/aromatic N) is 3. The van der Waals surface area contributed by atoms with E-state index in [0.717, 1.165) is 41.2 Å². The molecule has 1 aliphatic heterocycles. The molecular formula is C22H25ClN4O2. The number of aromatic nitrogens is 2. The Morgan fingerprint density at radius 3 is 2.52 bits per heavy atom. The molecule has 2 aromatic carbocycles. The minimum absolute atomic E-state index is 0.253. The van der Waals surface area contributed by atoms with E-state index in [4.69, 9.17) is 16.3 Å². The molecule has 2 heterocycles. The fourth-order valence-electron chi connectivity index (χ4n) is 3.45. The first-order valence-electron chi connectivity index (χ1n) is 9.78. The zero-order chi connectivity index (χ0) is 20.6. The predicted molar refractivity (Wildman–Crippen MR) is 117 cm³/mol. The Labute approximate surface area is 175 Å². The van der Waals surface area contributed by atoms with Crippen molar-refractivity contribution in [2.24, 2.45) is 0 Å². The van der Waals surface area contributed by atoms with Crippen LogP contribution in [0.15, 0.2) is 42.5 Å². The second-order valence-electron chi connectivity index (χ2n) is 8.22. The molecule has 1 aliphatic rings. The number of carbonyl (C=O) groups excluding carboxylic acids is 1. The van der Waals surface area contributed by atoms with Crippen molar-refractivity contribution in [3.05, 3.63) is 47.5 Å². The van der Waals surface area contributed by atoms with Crippen LogP contribution in [0.25, 0.3) is 22.4 Å². The molecule has 0 spiro atoms. The molecule has 3 aromatic rings. The maximum atomic E-state index is 12.3. The van der Waals surface area contributed by atoms with Crippen LogP contribution < -0.4 is 4.90 Å². The van der Waals surface area contributed by atoms with Crippen molar-refractivity contribution in [2.75, 3.05) is 31.1 Å². The average Bonchev–Trinajstić information content (AvgIpc) is 3.11. The normalized spacial score (nSPS) is 15.0. The first-order chi connectivity index (χ1) is 13.8. The van der Waals surface area contributed by atoms with Crippen LogP contribution in [0, 0.1) is 0 Å². The molecule has 0 bridgehead atoms. The van der Waals surface area contributed by atoms with Crippen molar-refractivity contribution >= 4 is 34.4 Å². The molecule has 1 saturated heterocycles. The summed E-state index contributed by atoms with van der Waals surface area (Å²) in [6.07, 6.45) is -0.253. The number of imidazole rings is 1. The van der Waals surface area contributed by atoms with Gasteiger partial charge in [-0.2, -0.15) is 0 Å². The predicted octanol–water partition coefficient (Wildman–Crippen LogP) is 4.94. The first-order valence-corrected chi connectivity index (χ1v) is 10.2. The number of carbonyl (C=O) groups is 1. The Morgan fingerprint density at radius 2 is 1.83 bits per heavy atom. The van der Waals surface area contributed by atoms with Gasteiger partial charge >= 0.3 is 6.09 Å². The maximum absolute atomic E-state index is 12.3. The Hall–Kier alpha value is -2.73. The highest BCUT2D eigenvalue weighted by Gasteiger charge is 2.26. The monoisotopic (exact) mass is 412 g/mol. The van der Waals surface area contributed by atoms with Gasteiger partial charge in [0.2, 0.25) is 0 Å². The minimum atomic E-state index is -0.480. The van der Waals surface area contributed by atoms with E-state index in [-0.39, 0.29) is 6.09 Å².